The number of methoxy groups -OCH3 is 1. The summed E-state index contributed by atoms with van der Waals surface area (Å²) in [5.74, 6) is -1.41. The third-order valence-corrected chi connectivity index (χ3v) is 5.64. The maximum Gasteiger partial charge on any atom is 0.325 e. The molecule has 1 N–H and O–H groups in total. The Labute approximate surface area is 201 Å². The lowest BCUT2D eigenvalue weighted by Gasteiger charge is -2.13. The van der Waals surface area contributed by atoms with Crippen molar-refractivity contribution in [2.75, 3.05) is 13.7 Å². The van der Waals surface area contributed by atoms with Crippen LogP contribution < -0.4 is 10.9 Å². The number of nitrogens with one attached hydrogen (secondary N) is 1. The number of halogens is 1. The van der Waals surface area contributed by atoms with Crippen LogP contribution in [-0.4, -0.2) is 35.1 Å². The van der Waals surface area contributed by atoms with Crippen molar-refractivity contribution in [3.63, 3.8) is 0 Å². The minimum absolute atomic E-state index is 0.205. The molecule has 0 fully saturated rings. The molecule has 0 atom stereocenters. The molecule has 8 heteroatoms. The molecule has 4 aromatic rings. The first-order chi connectivity index (χ1) is 17.0. The van der Waals surface area contributed by atoms with Crippen LogP contribution in [0, 0.1) is 5.82 Å². The van der Waals surface area contributed by atoms with Gasteiger partial charge in [0.25, 0.3) is 11.5 Å². The molecule has 0 aliphatic carbocycles. The summed E-state index contributed by atoms with van der Waals surface area (Å²) >= 11 is 0. The van der Waals surface area contributed by atoms with Gasteiger partial charge in [-0.2, -0.15) is 0 Å². The molecule has 0 bridgehead atoms. The molecule has 35 heavy (non-hydrogen) atoms. The predicted octanol–water partition coefficient (Wildman–Crippen LogP) is 3.74. The molecular weight excluding hydrogens is 449 g/mol. The van der Waals surface area contributed by atoms with Crippen LogP contribution in [0.5, 0.6) is 0 Å². The average molecular weight is 474 g/mol. The van der Waals surface area contributed by atoms with Gasteiger partial charge >= 0.3 is 5.97 Å². The summed E-state index contributed by atoms with van der Waals surface area (Å²) in [5, 5.41) is 3.12. The summed E-state index contributed by atoms with van der Waals surface area (Å²) in [6.45, 7) is 0.153. The third-order valence-electron chi connectivity index (χ3n) is 5.64. The van der Waals surface area contributed by atoms with Gasteiger partial charge in [0.15, 0.2) is 0 Å². The minimum Gasteiger partial charge on any atom is -0.468 e. The second-order valence-electron chi connectivity index (χ2n) is 8.02. The number of ether oxygens (including phenoxy) is 1. The number of fused-ring (bicyclic) bond motifs is 1. The summed E-state index contributed by atoms with van der Waals surface area (Å²) in [7, 11) is 1.23. The molecular formula is C27H24FN3O4. The number of benzene rings is 3. The van der Waals surface area contributed by atoms with E-state index in [0.29, 0.717) is 23.2 Å². The normalized spacial score (nSPS) is 10.8. The van der Waals surface area contributed by atoms with Crippen molar-refractivity contribution in [3.05, 3.63) is 100 Å². The van der Waals surface area contributed by atoms with Crippen molar-refractivity contribution in [2.24, 2.45) is 0 Å². The monoisotopic (exact) mass is 473 g/mol. The highest BCUT2D eigenvalue weighted by Gasteiger charge is 2.18. The lowest BCUT2D eigenvalue weighted by molar-refractivity contribution is -0.141. The fraction of sp³-hybridized carbons (Fsp3) is 0.185. The second kappa shape index (κ2) is 10.7. The van der Waals surface area contributed by atoms with Crippen LogP contribution in [0.4, 0.5) is 4.39 Å². The number of aryl methyl sites for hydroxylation is 1. The molecule has 0 aliphatic heterocycles. The van der Waals surface area contributed by atoms with Crippen molar-refractivity contribution >= 4 is 22.8 Å². The molecule has 0 saturated heterocycles. The number of esters is 1. The first kappa shape index (κ1) is 23.8. The molecule has 1 heterocycles. The predicted molar refractivity (Wildman–Crippen MR) is 131 cm³/mol. The van der Waals surface area contributed by atoms with Crippen LogP contribution in [0.2, 0.25) is 0 Å². The molecule has 0 spiro atoms. The number of aromatic nitrogens is 2. The number of hydrogen-bond donors (Lipinski definition) is 1. The zero-order valence-corrected chi connectivity index (χ0v) is 19.2. The van der Waals surface area contributed by atoms with Gasteiger partial charge in [-0.15, -0.1) is 0 Å². The molecule has 4 rings (SSSR count). The highest BCUT2D eigenvalue weighted by molar-refractivity contribution is 6.04. The number of rotatable bonds is 8. The standard InChI is InChI=1S/C27H24FN3O4/c1-35-25(32)16-31-17-30-24-15-22(26(33)29-12-6-9-18-7-3-2-4-8-18)21(14-23(24)27(31)34)19-10-5-11-20(28)13-19/h2-5,7-8,10-11,13-15,17H,6,9,12,16H2,1H3,(H,29,33). The molecule has 3 aromatic carbocycles. The Hall–Kier alpha value is -4.33. The summed E-state index contributed by atoms with van der Waals surface area (Å²) < 4.78 is 19.8. The van der Waals surface area contributed by atoms with Crippen LogP contribution in [0.1, 0.15) is 22.3 Å². The van der Waals surface area contributed by atoms with Gasteiger partial charge < -0.3 is 10.1 Å². The van der Waals surface area contributed by atoms with Gasteiger partial charge in [-0.1, -0.05) is 42.5 Å². The number of carbonyl (C=O) groups excluding carboxylic acids is 2. The van der Waals surface area contributed by atoms with Crippen molar-refractivity contribution < 1.29 is 18.7 Å². The SMILES string of the molecule is COC(=O)Cn1cnc2cc(C(=O)NCCCc3ccccc3)c(-c3cccc(F)c3)cc2c1=O. The van der Waals surface area contributed by atoms with Gasteiger partial charge in [-0.25, -0.2) is 9.37 Å². The van der Waals surface area contributed by atoms with E-state index in [1.54, 1.807) is 6.07 Å². The quantitative estimate of drug-likeness (QED) is 0.311. The van der Waals surface area contributed by atoms with E-state index >= 15 is 0 Å². The Bertz CT molecular complexity index is 1430. The number of hydrogen-bond acceptors (Lipinski definition) is 5. The fourth-order valence-electron chi connectivity index (χ4n) is 3.84. The maximum atomic E-state index is 14.0. The maximum absolute atomic E-state index is 14.0. The summed E-state index contributed by atoms with van der Waals surface area (Å²) in [4.78, 5) is 42.0. The number of amides is 1. The summed E-state index contributed by atoms with van der Waals surface area (Å²) in [5.41, 5.74) is 2.13. The van der Waals surface area contributed by atoms with E-state index in [0.717, 1.165) is 17.4 Å². The lowest BCUT2D eigenvalue weighted by Crippen LogP contribution is -2.27. The van der Waals surface area contributed by atoms with Gasteiger partial charge in [0.05, 0.1) is 24.3 Å². The van der Waals surface area contributed by atoms with Crippen molar-refractivity contribution in [3.8, 4) is 11.1 Å². The first-order valence-corrected chi connectivity index (χ1v) is 11.1. The fourth-order valence-corrected chi connectivity index (χ4v) is 3.84. The van der Waals surface area contributed by atoms with Crippen LogP contribution in [0.15, 0.2) is 77.9 Å². The second-order valence-corrected chi connectivity index (χ2v) is 8.02. The molecule has 1 amide bonds. The molecule has 178 valence electrons. The number of nitrogens with zero attached hydrogens (tertiary/aromatic N) is 2. The molecule has 0 unspecified atom stereocenters. The van der Waals surface area contributed by atoms with E-state index < -0.39 is 17.3 Å². The topological polar surface area (TPSA) is 90.3 Å². The van der Waals surface area contributed by atoms with Gasteiger partial charge in [0.1, 0.15) is 12.4 Å². The Morgan fingerprint density at radius 3 is 2.60 bits per heavy atom. The van der Waals surface area contributed by atoms with E-state index in [9.17, 15) is 18.8 Å². The highest BCUT2D eigenvalue weighted by atomic mass is 19.1. The molecule has 0 saturated carbocycles. The van der Waals surface area contributed by atoms with Gasteiger partial charge in [0, 0.05) is 12.1 Å². The Morgan fingerprint density at radius 1 is 1.06 bits per heavy atom. The van der Waals surface area contributed by atoms with Gasteiger partial charge in [-0.05, 0) is 53.8 Å². The van der Waals surface area contributed by atoms with Crippen LogP contribution in [0.25, 0.3) is 22.0 Å². The Morgan fingerprint density at radius 2 is 1.86 bits per heavy atom. The zero-order valence-electron chi connectivity index (χ0n) is 19.2. The van der Waals surface area contributed by atoms with E-state index in [1.165, 1.54) is 49.3 Å². The summed E-state index contributed by atoms with van der Waals surface area (Å²) in [6.07, 6.45) is 2.80. The molecule has 7 nitrogen and oxygen atoms in total. The van der Waals surface area contributed by atoms with Crippen LogP contribution >= 0.6 is 0 Å². The van der Waals surface area contributed by atoms with Crippen molar-refractivity contribution in [1.82, 2.24) is 14.9 Å². The van der Waals surface area contributed by atoms with Gasteiger partial charge in [-0.3, -0.25) is 19.0 Å². The lowest BCUT2D eigenvalue weighted by atomic mass is 9.96. The van der Waals surface area contributed by atoms with Crippen molar-refractivity contribution in [2.45, 2.75) is 19.4 Å². The molecule has 0 radical (unpaired) electrons. The Balaban J connectivity index is 1.67. The zero-order chi connectivity index (χ0) is 24.8. The third kappa shape index (κ3) is 5.60. The van der Waals surface area contributed by atoms with Gasteiger partial charge in [0.2, 0.25) is 0 Å². The average Bonchev–Trinajstić information content (AvgIpc) is 2.88. The summed E-state index contributed by atoms with van der Waals surface area (Å²) in [6, 6.07) is 18.8. The van der Waals surface area contributed by atoms with Crippen LogP contribution in [0.3, 0.4) is 0 Å². The van der Waals surface area contributed by atoms with E-state index in [4.69, 9.17) is 0 Å². The molecule has 1 aromatic heterocycles. The minimum atomic E-state index is -0.592. The first-order valence-electron chi connectivity index (χ1n) is 11.1. The largest absolute Gasteiger partial charge is 0.468 e. The van der Waals surface area contributed by atoms with Crippen molar-refractivity contribution in [1.29, 1.82) is 0 Å². The van der Waals surface area contributed by atoms with E-state index in [2.05, 4.69) is 15.0 Å². The van der Waals surface area contributed by atoms with E-state index in [-0.39, 0.29) is 23.4 Å². The van der Waals surface area contributed by atoms with E-state index in [1.807, 2.05) is 30.3 Å². The smallest absolute Gasteiger partial charge is 0.325 e. The Kier molecular flexibility index (Phi) is 7.30. The van der Waals surface area contributed by atoms with Crippen LogP contribution in [-0.2, 0) is 22.5 Å². The molecule has 0 aliphatic rings. The highest BCUT2D eigenvalue weighted by Crippen LogP contribution is 2.28. The number of carbonyl (C=O) groups is 2.